The summed E-state index contributed by atoms with van der Waals surface area (Å²) in [6.45, 7) is 2.16. The first-order chi connectivity index (χ1) is 9.12. The minimum atomic E-state index is 0.0135. The highest BCUT2D eigenvalue weighted by Gasteiger charge is 2.13. The third kappa shape index (κ3) is 3.94. The monoisotopic (exact) mass is 314 g/mol. The molecule has 0 bridgehead atoms. The second kappa shape index (κ2) is 6.73. The Hall–Kier alpha value is -0.580. The molecule has 2 nitrogen and oxygen atoms in total. The van der Waals surface area contributed by atoms with Crippen molar-refractivity contribution >= 4 is 34.5 Å². The number of aryl methyl sites for hydroxylation is 1. The number of nitrogens with two attached hydrogens (primary N) is 1. The molecule has 0 saturated carbocycles. The molecule has 1 aromatic carbocycles. The van der Waals surface area contributed by atoms with Crippen molar-refractivity contribution in [3.05, 3.63) is 55.7 Å². The minimum absolute atomic E-state index is 0.0135. The van der Waals surface area contributed by atoms with E-state index in [-0.39, 0.29) is 6.04 Å². The third-order valence-corrected chi connectivity index (χ3v) is 4.65. The van der Waals surface area contributed by atoms with Crippen molar-refractivity contribution in [3.63, 3.8) is 0 Å². The average molecular weight is 315 g/mol. The van der Waals surface area contributed by atoms with Crippen LogP contribution in [-0.2, 0) is 12.8 Å². The normalized spacial score (nSPS) is 12.6. The Morgan fingerprint density at radius 1 is 1.16 bits per heavy atom. The van der Waals surface area contributed by atoms with Gasteiger partial charge in [-0.25, -0.2) is 0 Å². The van der Waals surface area contributed by atoms with Gasteiger partial charge in [0.05, 0.1) is 6.04 Å². The summed E-state index contributed by atoms with van der Waals surface area (Å²) in [6, 6.07) is 9.84. The fraction of sp³-hybridized carbons (Fsp3) is 0.286. The van der Waals surface area contributed by atoms with Gasteiger partial charge in [-0.1, -0.05) is 30.1 Å². The molecule has 3 N–H and O–H groups in total. The Bertz CT molecular complexity index is 534. The third-order valence-electron chi connectivity index (χ3n) is 2.96. The van der Waals surface area contributed by atoms with Gasteiger partial charge in [-0.15, -0.1) is 11.3 Å². The first kappa shape index (κ1) is 14.8. The molecule has 0 spiro atoms. The molecule has 1 heterocycles. The van der Waals surface area contributed by atoms with Gasteiger partial charge < -0.3 is 0 Å². The van der Waals surface area contributed by atoms with Crippen LogP contribution in [0, 0.1) is 0 Å². The van der Waals surface area contributed by atoms with Crippen molar-refractivity contribution in [2.24, 2.45) is 5.84 Å². The van der Waals surface area contributed by atoms with Gasteiger partial charge in [0.25, 0.3) is 0 Å². The smallest absolute Gasteiger partial charge is 0.0509 e. The van der Waals surface area contributed by atoms with Crippen LogP contribution in [0.15, 0.2) is 30.3 Å². The van der Waals surface area contributed by atoms with E-state index < -0.39 is 0 Å². The topological polar surface area (TPSA) is 38.0 Å². The highest BCUT2D eigenvalue weighted by atomic mass is 35.5. The van der Waals surface area contributed by atoms with E-state index in [1.807, 2.05) is 23.5 Å². The van der Waals surface area contributed by atoms with Crippen molar-refractivity contribution in [2.75, 3.05) is 0 Å². The zero-order valence-electron chi connectivity index (χ0n) is 10.6. The number of nitrogens with one attached hydrogen (secondary N) is 1. The minimum Gasteiger partial charge on any atom is -0.271 e. The van der Waals surface area contributed by atoms with Crippen LogP contribution in [0.1, 0.15) is 28.3 Å². The van der Waals surface area contributed by atoms with Gasteiger partial charge >= 0.3 is 0 Å². The largest absolute Gasteiger partial charge is 0.271 e. The van der Waals surface area contributed by atoms with Crippen molar-refractivity contribution in [3.8, 4) is 0 Å². The number of thiophene rings is 1. The molecule has 102 valence electrons. The Kier molecular flexibility index (Phi) is 5.25. The van der Waals surface area contributed by atoms with Gasteiger partial charge in [0, 0.05) is 26.2 Å². The molecular formula is C14H16Cl2N2S. The van der Waals surface area contributed by atoms with E-state index in [9.17, 15) is 0 Å². The summed E-state index contributed by atoms with van der Waals surface area (Å²) in [7, 11) is 0. The molecule has 0 saturated heterocycles. The quantitative estimate of drug-likeness (QED) is 0.635. The molecule has 1 atom stereocenters. The fourth-order valence-corrected chi connectivity index (χ4v) is 3.52. The van der Waals surface area contributed by atoms with Crippen LogP contribution in [0.4, 0.5) is 0 Å². The van der Waals surface area contributed by atoms with Crippen LogP contribution < -0.4 is 11.3 Å². The van der Waals surface area contributed by atoms with Gasteiger partial charge in [0.2, 0.25) is 0 Å². The number of benzene rings is 1. The van der Waals surface area contributed by atoms with Crippen LogP contribution in [0.2, 0.25) is 10.0 Å². The molecule has 0 aliphatic carbocycles. The second-order valence-corrected chi connectivity index (χ2v) is 6.47. The Morgan fingerprint density at radius 2 is 1.79 bits per heavy atom. The number of halogens is 2. The Balaban J connectivity index is 2.19. The molecular weight excluding hydrogens is 299 g/mol. The molecule has 0 aliphatic heterocycles. The Labute approximate surface area is 127 Å². The summed E-state index contributed by atoms with van der Waals surface area (Å²) in [5, 5.41) is 1.26. The lowest BCUT2D eigenvalue weighted by molar-refractivity contribution is 0.555. The van der Waals surface area contributed by atoms with Gasteiger partial charge in [0.1, 0.15) is 0 Å². The fourth-order valence-electron chi connectivity index (χ4n) is 1.97. The van der Waals surface area contributed by atoms with Gasteiger partial charge in [-0.2, -0.15) is 0 Å². The molecule has 5 heteroatoms. The van der Waals surface area contributed by atoms with Crippen molar-refractivity contribution in [1.82, 2.24) is 5.43 Å². The van der Waals surface area contributed by atoms with Crippen LogP contribution in [-0.4, -0.2) is 0 Å². The summed E-state index contributed by atoms with van der Waals surface area (Å²) >= 11 is 13.9. The van der Waals surface area contributed by atoms with Crippen LogP contribution >= 0.6 is 34.5 Å². The van der Waals surface area contributed by atoms with E-state index in [2.05, 4.69) is 24.5 Å². The second-order valence-electron chi connectivity index (χ2n) is 4.35. The maximum absolute atomic E-state index is 6.03. The van der Waals surface area contributed by atoms with Crippen molar-refractivity contribution in [1.29, 1.82) is 0 Å². The van der Waals surface area contributed by atoms with E-state index in [0.29, 0.717) is 10.0 Å². The molecule has 1 aromatic heterocycles. The number of hydrazine groups is 1. The molecule has 2 aromatic rings. The summed E-state index contributed by atoms with van der Waals surface area (Å²) in [5.41, 5.74) is 3.84. The lowest BCUT2D eigenvalue weighted by Crippen LogP contribution is -2.29. The summed E-state index contributed by atoms with van der Waals surface area (Å²) in [5.74, 6) is 5.66. The first-order valence-electron chi connectivity index (χ1n) is 6.12. The van der Waals surface area contributed by atoms with Gasteiger partial charge in [-0.3, -0.25) is 11.3 Å². The summed E-state index contributed by atoms with van der Waals surface area (Å²) in [4.78, 5) is 2.69. The molecule has 19 heavy (non-hydrogen) atoms. The predicted molar refractivity (Wildman–Crippen MR) is 83.9 cm³/mol. The molecule has 0 fully saturated rings. The van der Waals surface area contributed by atoms with E-state index in [0.717, 1.165) is 18.4 Å². The molecule has 0 radical (unpaired) electrons. The van der Waals surface area contributed by atoms with Gasteiger partial charge in [0.15, 0.2) is 0 Å². The zero-order chi connectivity index (χ0) is 13.8. The molecule has 2 rings (SSSR count). The Morgan fingerprint density at radius 3 is 2.32 bits per heavy atom. The number of hydrogen-bond donors (Lipinski definition) is 2. The van der Waals surface area contributed by atoms with Crippen molar-refractivity contribution in [2.45, 2.75) is 25.8 Å². The lowest BCUT2D eigenvalue weighted by atomic mass is 10.0. The van der Waals surface area contributed by atoms with E-state index in [1.54, 1.807) is 6.07 Å². The summed E-state index contributed by atoms with van der Waals surface area (Å²) in [6.07, 6.45) is 1.90. The van der Waals surface area contributed by atoms with Crippen LogP contribution in [0.5, 0.6) is 0 Å². The highest BCUT2D eigenvalue weighted by molar-refractivity contribution is 7.11. The number of hydrogen-bond acceptors (Lipinski definition) is 3. The van der Waals surface area contributed by atoms with Crippen LogP contribution in [0.25, 0.3) is 0 Å². The first-order valence-corrected chi connectivity index (χ1v) is 7.69. The maximum atomic E-state index is 6.03. The number of rotatable bonds is 5. The maximum Gasteiger partial charge on any atom is 0.0509 e. The summed E-state index contributed by atoms with van der Waals surface area (Å²) < 4.78 is 0. The highest BCUT2D eigenvalue weighted by Crippen LogP contribution is 2.27. The van der Waals surface area contributed by atoms with Gasteiger partial charge in [-0.05, 0) is 42.3 Å². The zero-order valence-corrected chi connectivity index (χ0v) is 12.9. The van der Waals surface area contributed by atoms with Crippen LogP contribution in [0.3, 0.4) is 0 Å². The molecule has 1 unspecified atom stereocenters. The molecule has 0 amide bonds. The predicted octanol–water partition coefficient (Wildman–Crippen LogP) is 4.36. The lowest BCUT2D eigenvalue weighted by Gasteiger charge is -2.16. The molecule has 0 aliphatic rings. The van der Waals surface area contributed by atoms with E-state index >= 15 is 0 Å². The van der Waals surface area contributed by atoms with E-state index in [4.69, 9.17) is 29.0 Å². The van der Waals surface area contributed by atoms with E-state index in [1.165, 1.54) is 9.75 Å². The average Bonchev–Trinajstić information content (AvgIpc) is 2.82. The standard InChI is InChI=1S/C14H16Cl2N2S/c1-2-12-3-4-13(19-12)8-14(18-17)9-5-10(15)7-11(16)6-9/h3-7,14,18H,2,8,17H2,1H3. The van der Waals surface area contributed by atoms with Crippen molar-refractivity contribution < 1.29 is 0 Å². The SMILES string of the molecule is CCc1ccc(CC(NN)c2cc(Cl)cc(Cl)c2)s1.